The lowest BCUT2D eigenvalue weighted by atomic mass is 10.0. The molecule has 0 bridgehead atoms. The third kappa shape index (κ3) is 2.83. The van der Waals surface area contributed by atoms with Gasteiger partial charge in [0.2, 0.25) is 0 Å². The Hall–Kier alpha value is -1.59. The van der Waals surface area contributed by atoms with Crippen LogP contribution in [0.1, 0.15) is 25.8 Å². The molecular weight excluding hydrogens is 314 g/mol. The van der Waals surface area contributed by atoms with Crippen LogP contribution in [-0.4, -0.2) is 27.8 Å². The van der Waals surface area contributed by atoms with Crippen LogP contribution < -0.4 is 4.74 Å². The second kappa shape index (κ2) is 6.26. The fourth-order valence-corrected chi connectivity index (χ4v) is 3.80. The van der Waals surface area contributed by atoms with Crippen molar-refractivity contribution < 1.29 is 9.53 Å². The molecule has 0 radical (unpaired) electrons. The first-order chi connectivity index (χ1) is 10.6. The molecule has 0 N–H and O–H groups in total. The summed E-state index contributed by atoms with van der Waals surface area (Å²) in [6.45, 7) is 4.71. The van der Waals surface area contributed by atoms with Gasteiger partial charge in [-0.1, -0.05) is 49.1 Å². The van der Waals surface area contributed by atoms with Crippen LogP contribution in [-0.2, 0) is 4.79 Å². The number of benzene rings is 1. The van der Waals surface area contributed by atoms with E-state index in [9.17, 15) is 4.79 Å². The van der Waals surface area contributed by atoms with Gasteiger partial charge >= 0.3 is 0 Å². The van der Waals surface area contributed by atoms with E-state index in [0.29, 0.717) is 15.8 Å². The van der Waals surface area contributed by atoms with Crippen molar-refractivity contribution in [2.75, 3.05) is 6.54 Å². The van der Waals surface area contributed by atoms with E-state index >= 15 is 0 Å². The third-order valence-electron chi connectivity index (χ3n) is 3.63. The lowest BCUT2D eigenvalue weighted by Gasteiger charge is -2.23. The van der Waals surface area contributed by atoms with Gasteiger partial charge in [0.05, 0.1) is 4.91 Å². The third-order valence-corrected chi connectivity index (χ3v) is 5.01. The zero-order chi connectivity index (χ0) is 15.7. The van der Waals surface area contributed by atoms with Crippen molar-refractivity contribution in [2.45, 2.75) is 26.4 Å². The van der Waals surface area contributed by atoms with E-state index in [4.69, 9.17) is 17.0 Å². The molecule has 0 saturated carbocycles. The summed E-state index contributed by atoms with van der Waals surface area (Å²) in [6.07, 6.45) is 4.81. The molecule has 5 heteroatoms. The molecule has 2 aliphatic heterocycles. The molecule has 2 heterocycles. The minimum Gasteiger partial charge on any atom is -0.485 e. The lowest BCUT2D eigenvalue weighted by Crippen LogP contribution is -2.28. The zero-order valence-corrected chi connectivity index (χ0v) is 14.2. The van der Waals surface area contributed by atoms with Crippen molar-refractivity contribution in [3.63, 3.8) is 0 Å². The van der Waals surface area contributed by atoms with Crippen LogP contribution in [0.15, 0.2) is 40.8 Å². The fourth-order valence-electron chi connectivity index (χ4n) is 2.49. The van der Waals surface area contributed by atoms with Crippen LogP contribution >= 0.6 is 24.0 Å². The van der Waals surface area contributed by atoms with Crippen molar-refractivity contribution in [3.8, 4) is 5.75 Å². The summed E-state index contributed by atoms with van der Waals surface area (Å²) in [5.74, 6) is 0.884. The molecule has 2 aliphatic rings. The number of carbonyl (C=O) groups excluding carboxylic acids is 1. The topological polar surface area (TPSA) is 29.5 Å². The highest BCUT2D eigenvalue weighted by molar-refractivity contribution is 8.26. The minimum atomic E-state index is -0.0791. The molecule has 3 nitrogen and oxygen atoms in total. The van der Waals surface area contributed by atoms with Crippen molar-refractivity contribution in [3.05, 3.63) is 46.4 Å². The van der Waals surface area contributed by atoms with Crippen LogP contribution in [0.4, 0.5) is 0 Å². The van der Waals surface area contributed by atoms with Gasteiger partial charge in [0, 0.05) is 12.1 Å². The molecule has 0 aliphatic carbocycles. The van der Waals surface area contributed by atoms with E-state index in [1.54, 1.807) is 4.90 Å². The predicted octanol–water partition coefficient (Wildman–Crippen LogP) is 4.01. The predicted molar refractivity (Wildman–Crippen MR) is 94.8 cm³/mol. The quantitative estimate of drug-likeness (QED) is 0.618. The summed E-state index contributed by atoms with van der Waals surface area (Å²) in [6, 6.07) is 7.91. The average molecular weight is 331 g/mol. The van der Waals surface area contributed by atoms with Gasteiger partial charge in [0.25, 0.3) is 5.91 Å². The van der Waals surface area contributed by atoms with E-state index in [1.807, 2.05) is 44.2 Å². The van der Waals surface area contributed by atoms with Crippen molar-refractivity contribution >= 4 is 40.3 Å². The van der Waals surface area contributed by atoms with Gasteiger partial charge in [-0.2, -0.15) is 0 Å². The molecule has 1 saturated heterocycles. The van der Waals surface area contributed by atoms with Crippen molar-refractivity contribution in [1.82, 2.24) is 4.90 Å². The van der Waals surface area contributed by atoms with Crippen LogP contribution in [0, 0.1) is 0 Å². The van der Waals surface area contributed by atoms with Gasteiger partial charge < -0.3 is 4.74 Å². The largest absolute Gasteiger partial charge is 0.485 e. The van der Waals surface area contributed by atoms with Gasteiger partial charge in [-0.05, 0) is 37.1 Å². The number of fused-ring (bicyclic) bond motifs is 1. The molecule has 1 aromatic rings. The second-order valence-electron chi connectivity index (χ2n) is 5.28. The summed E-state index contributed by atoms with van der Waals surface area (Å²) in [7, 11) is 0. The fraction of sp³-hybridized carbons (Fsp3) is 0.294. The van der Waals surface area contributed by atoms with E-state index in [-0.39, 0.29) is 12.0 Å². The van der Waals surface area contributed by atoms with E-state index in [1.165, 1.54) is 11.8 Å². The molecule has 1 fully saturated rings. The van der Waals surface area contributed by atoms with Crippen LogP contribution in [0.2, 0.25) is 0 Å². The standard InChI is InChI=1S/C17H17NO2S2/c1-3-8-18-16(19)15(22-17(18)21)10-13-9-12-6-4-5-7-14(12)20-11(13)2/h4-7,9-11H,3,8H2,1-2H3. The Morgan fingerprint density at radius 2 is 2.18 bits per heavy atom. The second-order valence-corrected chi connectivity index (χ2v) is 6.95. The Morgan fingerprint density at radius 1 is 1.41 bits per heavy atom. The summed E-state index contributed by atoms with van der Waals surface area (Å²) in [5.41, 5.74) is 2.03. The van der Waals surface area contributed by atoms with E-state index < -0.39 is 0 Å². The highest BCUT2D eigenvalue weighted by Gasteiger charge is 2.32. The van der Waals surface area contributed by atoms with E-state index in [0.717, 1.165) is 23.3 Å². The summed E-state index contributed by atoms with van der Waals surface area (Å²) >= 11 is 6.67. The number of thioether (sulfide) groups is 1. The molecule has 3 rings (SSSR count). The molecule has 0 aromatic heterocycles. The molecule has 1 atom stereocenters. The monoisotopic (exact) mass is 331 g/mol. The van der Waals surface area contributed by atoms with Gasteiger partial charge in [0.1, 0.15) is 16.2 Å². The van der Waals surface area contributed by atoms with Gasteiger partial charge in [-0.15, -0.1) is 0 Å². The zero-order valence-electron chi connectivity index (χ0n) is 12.5. The van der Waals surface area contributed by atoms with Crippen LogP contribution in [0.5, 0.6) is 5.75 Å². The van der Waals surface area contributed by atoms with Crippen molar-refractivity contribution in [2.24, 2.45) is 0 Å². The smallest absolute Gasteiger partial charge is 0.266 e. The van der Waals surface area contributed by atoms with Gasteiger partial charge in [-0.3, -0.25) is 9.69 Å². The molecule has 1 unspecified atom stereocenters. The molecule has 22 heavy (non-hydrogen) atoms. The number of amides is 1. The first kappa shape index (κ1) is 15.3. The normalized spacial score (nSPS) is 22.6. The SMILES string of the molecule is CCCN1C(=O)C(=CC2=Cc3ccccc3OC2C)SC1=S. The minimum absolute atomic E-state index is 0.00353. The molecule has 1 aromatic carbocycles. The lowest BCUT2D eigenvalue weighted by molar-refractivity contribution is -0.122. The Labute approximate surface area is 140 Å². The summed E-state index contributed by atoms with van der Waals surface area (Å²) in [4.78, 5) is 14.8. The maximum atomic E-state index is 12.4. The van der Waals surface area contributed by atoms with Gasteiger partial charge in [-0.25, -0.2) is 0 Å². The summed E-state index contributed by atoms with van der Waals surface area (Å²) < 4.78 is 6.55. The molecule has 1 amide bonds. The van der Waals surface area contributed by atoms with E-state index in [2.05, 4.69) is 6.08 Å². The van der Waals surface area contributed by atoms with Crippen LogP contribution in [0.3, 0.4) is 0 Å². The first-order valence-corrected chi connectivity index (χ1v) is 8.55. The Bertz CT molecular complexity index is 694. The maximum Gasteiger partial charge on any atom is 0.266 e. The number of carbonyl (C=O) groups is 1. The molecule has 114 valence electrons. The highest BCUT2D eigenvalue weighted by atomic mass is 32.2. The average Bonchev–Trinajstić information content (AvgIpc) is 2.76. The number of nitrogens with zero attached hydrogens (tertiary/aromatic N) is 1. The Morgan fingerprint density at radius 3 is 2.95 bits per heavy atom. The number of hydrogen-bond acceptors (Lipinski definition) is 4. The number of hydrogen-bond donors (Lipinski definition) is 0. The number of para-hydroxylation sites is 1. The summed E-state index contributed by atoms with van der Waals surface area (Å²) in [5, 5.41) is 0. The molecule has 0 spiro atoms. The number of thiocarbonyl (C=S) groups is 1. The van der Waals surface area contributed by atoms with Crippen molar-refractivity contribution in [1.29, 1.82) is 0 Å². The maximum absolute atomic E-state index is 12.4. The van der Waals surface area contributed by atoms with Crippen LogP contribution in [0.25, 0.3) is 6.08 Å². The highest BCUT2D eigenvalue weighted by Crippen LogP contribution is 2.35. The number of ether oxygens (including phenoxy) is 1. The first-order valence-electron chi connectivity index (χ1n) is 7.32. The molecular formula is C17H17NO2S2. The number of rotatable bonds is 3. The Balaban J connectivity index is 1.91. The Kier molecular flexibility index (Phi) is 4.36. The van der Waals surface area contributed by atoms with Gasteiger partial charge in [0.15, 0.2) is 0 Å².